The highest BCUT2D eigenvalue weighted by Crippen LogP contribution is 2.54. The van der Waals surface area contributed by atoms with Gasteiger partial charge in [0.05, 0.1) is 32.4 Å². The smallest absolute Gasteiger partial charge is 0.297 e. The average Bonchev–Trinajstić information content (AvgIpc) is 3.96. The maximum atomic E-state index is 14.9. The molecule has 5 heterocycles. The molecular weight excluding hydrogens is 902 g/mol. The molecule has 15 nitrogen and oxygen atoms in total. The van der Waals surface area contributed by atoms with Gasteiger partial charge in [0, 0.05) is 55.3 Å². The van der Waals surface area contributed by atoms with Gasteiger partial charge < -0.3 is 29.8 Å². The Morgan fingerprint density at radius 1 is 1.06 bits per heavy atom. The number of H-pyrrole nitrogens is 1. The summed E-state index contributed by atoms with van der Waals surface area (Å²) in [7, 11) is -4.74. The van der Waals surface area contributed by atoms with Crippen LogP contribution in [0.15, 0.2) is 78.3 Å². The molecule has 1 amide bonds. The first-order chi connectivity index (χ1) is 33.0. The molecule has 0 bridgehead atoms. The number of nitro benzene ring substituents is 1. The van der Waals surface area contributed by atoms with Crippen LogP contribution in [0.25, 0.3) is 17.1 Å². The minimum absolute atomic E-state index is 0.00892. The SMILES string of the molecule is C=Cc1nc2[nH]cc(F)c2cc1Oc1cc(N2CCC3(CC2)CC(N2CCC[C@@H]2c2ccccc2C(C)C)C3)ccc1C(=O)NS(=O)(=O)c1cc2c(c([N+](=O)[O-])c1)N[C@@H](C1CCC(C)(O)CC1)CO2. The first-order valence-corrected chi connectivity index (χ1v) is 25.7. The number of hydrogen-bond acceptors (Lipinski definition) is 12. The zero-order chi connectivity index (χ0) is 48.4. The lowest BCUT2D eigenvalue weighted by Crippen LogP contribution is -2.54. The number of anilines is 2. The third-order valence-electron chi connectivity index (χ3n) is 15.7. The van der Waals surface area contributed by atoms with E-state index in [1.165, 1.54) is 54.4 Å². The van der Waals surface area contributed by atoms with Crippen molar-refractivity contribution in [3.05, 3.63) is 112 Å². The van der Waals surface area contributed by atoms with Crippen molar-refractivity contribution in [2.24, 2.45) is 11.3 Å². The van der Waals surface area contributed by atoms with Crippen LogP contribution >= 0.6 is 0 Å². The number of aromatic nitrogens is 2. The van der Waals surface area contributed by atoms with Crippen molar-refractivity contribution in [3.8, 4) is 17.2 Å². The van der Waals surface area contributed by atoms with Crippen molar-refractivity contribution >= 4 is 50.1 Å². The number of benzene rings is 3. The van der Waals surface area contributed by atoms with E-state index >= 15 is 0 Å². The maximum Gasteiger partial charge on any atom is 0.297 e. The Morgan fingerprint density at radius 2 is 1.81 bits per heavy atom. The second-order valence-corrected chi connectivity index (χ2v) is 22.2. The van der Waals surface area contributed by atoms with Crippen molar-refractivity contribution in [2.45, 2.75) is 120 Å². The number of carbonyl (C=O) groups is 1. The Balaban J connectivity index is 0.884. The molecule has 5 aromatic rings. The Morgan fingerprint density at radius 3 is 2.54 bits per heavy atom. The Bertz CT molecular complexity index is 2930. The number of halogens is 1. The number of piperidine rings is 1. The van der Waals surface area contributed by atoms with E-state index in [0.717, 1.165) is 57.1 Å². The van der Waals surface area contributed by atoms with Gasteiger partial charge in [0.25, 0.3) is 21.6 Å². The van der Waals surface area contributed by atoms with E-state index in [9.17, 15) is 32.8 Å². The number of aromatic amines is 1. The van der Waals surface area contributed by atoms with E-state index in [-0.39, 0.29) is 69.2 Å². The summed E-state index contributed by atoms with van der Waals surface area (Å²) < 4.78 is 57.5. The molecule has 364 valence electrons. The molecule has 0 unspecified atom stereocenters. The highest BCUT2D eigenvalue weighted by atomic mass is 32.2. The van der Waals surface area contributed by atoms with Crippen LogP contribution in [0.3, 0.4) is 0 Å². The number of sulfonamides is 1. The standard InChI is InChI=1S/C52H60FN7O8S/c1-5-41-46(26-39-40(53)29-54-49(39)56-41)68-45-23-33(58-21-18-52(19-22-58)27-34(28-52)59-20-8-11-43(59)37-10-7-6-9-36(37)31(2)3)12-13-38(45)50(61)57-69(65,66)35-24-44(60(63)64)48-47(25-35)67-30-42(55-48)32-14-16-51(4,62)17-15-32/h5-7,9-10,12-13,23-26,29,31-32,34,42-43,55,62H,1,8,11,14-22,27-28,30H2,2-4H3,(H,54,56)(H,57,61)/t32?,42-,43-,51?/m1/s1. The van der Waals surface area contributed by atoms with E-state index in [2.05, 4.69) is 74.5 Å². The summed E-state index contributed by atoms with van der Waals surface area (Å²) >= 11 is 0. The van der Waals surface area contributed by atoms with Gasteiger partial charge in [-0.1, -0.05) is 44.7 Å². The molecule has 2 saturated heterocycles. The first kappa shape index (κ1) is 46.7. The summed E-state index contributed by atoms with van der Waals surface area (Å²) in [6, 6.07) is 18.1. The summed E-state index contributed by atoms with van der Waals surface area (Å²) in [6.07, 6.45) is 11.8. The van der Waals surface area contributed by atoms with Gasteiger partial charge in [-0.15, -0.1) is 0 Å². The van der Waals surface area contributed by atoms with E-state index in [1.54, 1.807) is 19.1 Å². The van der Waals surface area contributed by atoms with Gasteiger partial charge >= 0.3 is 0 Å². The van der Waals surface area contributed by atoms with Crippen LogP contribution in [0.1, 0.15) is 124 Å². The number of pyridine rings is 1. The van der Waals surface area contributed by atoms with Crippen LogP contribution < -0.4 is 24.4 Å². The number of nitrogens with zero attached hydrogens (tertiary/aromatic N) is 4. The zero-order valence-corrected chi connectivity index (χ0v) is 40.1. The molecule has 69 heavy (non-hydrogen) atoms. The third kappa shape index (κ3) is 9.04. The number of rotatable bonds is 12. The fourth-order valence-corrected chi connectivity index (χ4v) is 12.8. The molecule has 2 saturated carbocycles. The van der Waals surface area contributed by atoms with Crippen molar-refractivity contribution in [1.29, 1.82) is 0 Å². The topological polar surface area (TPSA) is 192 Å². The maximum absolute atomic E-state index is 14.9. The molecular formula is C52H60FN7O8S. The summed E-state index contributed by atoms with van der Waals surface area (Å²) in [5.74, 6) is -1.02. The first-order valence-electron chi connectivity index (χ1n) is 24.2. The number of ether oxygens (including phenoxy) is 2. The van der Waals surface area contributed by atoms with E-state index in [4.69, 9.17) is 9.47 Å². The highest BCUT2D eigenvalue weighted by molar-refractivity contribution is 7.90. The van der Waals surface area contributed by atoms with Crippen molar-refractivity contribution in [1.82, 2.24) is 19.6 Å². The van der Waals surface area contributed by atoms with Crippen LogP contribution in [0, 0.1) is 27.3 Å². The summed E-state index contributed by atoms with van der Waals surface area (Å²) in [5, 5.41) is 26.3. The van der Waals surface area contributed by atoms with Crippen molar-refractivity contribution < 1.29 is 37.1 Å². The van der Waals surface area contributed by atoms with E-state index < -0.39 is 42.9 Å². The second-order valence-electron chi connectivity index (χ2n) is 20.5. The Hall–Kier alpha value is -6.04. The number of fused-ring (bicyclic) bond motifs is 2. The molecule has 1 spiro atoms. The normalized spacial score (nSPS) is 23.8. The van der Waals surface area contributed by atoms with E-state index in [0.29, 0.717) is 43.7 Å². The molecule has 5 aliphatic rings. The van der Waals surface area contributed by atoms with Gasteiger partial charge in [-0.2, -0.15) is 0 Å². The molecule has 10 rings (SSSR count). The largest absolute Gasteiger partial charge is 0.489 e. The number of amides is 1. The molecule has 3 aliphatic heterocycles. The lowest BCUT2D eigenvalue weighted by atomic mass is 9.59. The van der Waals surface area contributed by atoms with Crippen LogP contribution in [-0.4, -0.2) is 83.1 Å². The average molecular weight is 962 g/mol. The lowest BCUT2D eigenvalue weighted by molar-refractivity contribution is -0.384. The summed E-state index contributed by atoms with van der Waals surface area (Å²) in [4.78, 5) is 37.7. The molecule has 4 fully saturated rings. The van der Waals surface area contributed by atoms with Crippen molar-refractivity contribution in [2.75, 3.05) is 36.5 Å². The number of likely N-dealkylation sites (tertiary alicyclic amines) is 1. The van der Waals surface area contributed by atoms with Crippen molar-refractivity contribution in [3.63, 3.8) is 0 Å². The summed E-state index contributed by atoms with van der Waals surface area (Å²) in [6.45, 7) is 13.0. The van der Waals surface area contributed by atoms with Gasteiger partial charge in [-0.05, 0) is 130 Å². The van der Waals surface area contributed by atoms with Crippen LogP contribution in [0.5, 0.6) is 17.2 Å². The lowest BCUT2D eigenvalue weighted by Gasteiger charge is -2.56. The fraction of sp³-hybridized carbons (Fsp3) is 0.462. The summed E-state index contributed by atoms with van der Waals surface area (Å²) in [5.41, 5.74) is 3.05. The molecule has 2 atom stereocenters. The fourth-order valence-electron chi connectivity index (χ4n) is 11.8. The predicted octanol–water partition coefficient (Wildman–Crippen LogP) is 9.99. The quantitative estimate of drug-likeness (QED) is 0.0685. The van der Waals surface area contributed by atoms with Gasteiger partial charge in [0.1, 0.15) is 29.5 Å². The Kier molecular flexibility index (Phi) is 12.2. The molecule has 17 heteroatoms. The van der Waals surface area contributed by atoms with Gasteiger partial charge in [0.15, 0.2) is 17.2 Å². The molecule has 2 aromatic heterocycles. The van der Waals surface area contributed by atoms with Crippen LogP contribution in [0.2, 0.25) is 0 Å². The van der Waals surface area contributed by atoms with E-state index in [1.807, 2.05) is 0 Å². The van der Waals surface area contributed by atoms with Gasteiger partial charge in [-0.3, -0.25) is 19.8 Å². The van der Waals surface area contributed by atoms with Crippen LogP contribution in [-0.2, 0) is 10.0 Å². The Labute approximate surface area is 401 Å². The van der Waals surface area contributed by atoms with Gasteiger partial charge in [-0.25, -0.2) is 22.5 Å². The highest BCUT2D eigenvalue weighted by Gasteiger charge is 2.50. The number of carbonyl (C=O) groups excluding carboxylic acids is 1. The minimum Gasteiger partial charge on any atom is -0.489 e. The molecule has 2 aliphatic carbocycles. The van der Waals surface area contributed by atoms with Crippen LogP contribution in [0.4, 0.5) is 21.5 Å². The predicted molar refractivity (Wildman–Crippen MR) is 262 cm³/mol. The molecule has 0 radical (unpaired) electrons. The molecule has 3 aromatic carbocycles. The number of aliphatic hydroxyl groups is 1. The molecule has 4 N–H and O–H groups in total. The minimum atomic E-state index is -4.74. The number of nitro groups is 1. The zero-order valence-electron chi connectivity index (χ0n) is 39.3. The monoisotopic (exact) mass is 961 g/mol. The number of hydrogen-bond donors (Lipinski definition) is 4. The number of nitrogens with one attached hydrogen (secondary N) is 3. The second kappa shape index (κ2) is 18.0. The van der Waals surface area contributed by atoms with Gasteiger partial charge in [0.2, 0.25) is 0 Å². The third-order valence-corrected chi connectivity index (χ3v) is 17.0.